The number of fused-ring (bicyclic) bond motifs is 1. The van der Waals surface area contributed by atoms with Crippen LogP contribution in [0.4, 0.5) is 0 Å². The van der Waals surface area contributed by atoms with Gasteiger partial charge in [-0.15, -0.1) is 0 Å². The highest BCUT2D eigenvalue weighted by Gasteiger charge is 2.25. The largest absolute Gasteiger partial charge is 0.466 e. The van der Waals surface area contributed by atoms with E-state index in [2.05, 4.69) is 4.98 Å². The maximum absolute atomic E-state index is 12.1. The van der Waals surface area contributed by atoms with Crippen LogP contribution in [-0.2, 0) is 9.53 Å². The third-order valence-electron chi connectivity index (χ3n) is 3.18. The van der Waals surface area contributed by atoms with Crippen molar-refractivity contribution in [2.75, 3.05) is 6.61 Å². The molecular weight excluding hydrogens is 238 g/mol. The summed E-state index contributed by atoms with van der Waals surface area (Å²) >= 11 is 0. The van der Waals surface area contributed by atoms with Gasteiger partial charge in [0, 0.05) is 11.6 Å². The zero-order chi connectivity index (χ0) is 13.8. The van der Waals surface area contributed by atoms with Crippen LogP contribution in [0.3, 0.4) is 0 Å². The second kappa shape index (κ2) is 5.83. The van der Waals surface area contributed by atoms with Crippen LogP contribution in [0.5, 0.6) is 0 Å². The summed E-state index contributed by atoms with van der Waals surface area (Å²) < 4.78 is 5.17. The van der Waals surface area contributed by atoms with Gasteiger partial charge < -0.3 is 4.74 Å². The van der Waals surface area contributed by atoms with Gasteiger partial charge >= 0.3 is 5.97 Å². The van der Waals surface area contributed by atoms with Crippen LogP contribution in [-0.4, -0.2) is 17.6 Å². The first-order valence-electron chi connectivity index (χ1n) is 6.64. The van der Waals surface area contributed by atoms with Crippen LogP contribution in [0, 0.1) is 5.92 Å². The lowest BCUT2D eigenvalue weighted by Crippen LogP contribution is -2.21. The standard InChI is InChI=1S/C16H19NO2/c1-4-19-16(18)15(11(2)3)13-9-12-7-5-6-8-14(12)17-10-13/h5-11,15H,4H2,1-3H3. The van der Waals surface area contributed by atoms with E-state index in [1.807, 2.05) is 51.1 Å². The first-order chi connectivity index (χ1) is 9.13. The minimum Gasteiger partial charge on any atom is -0.466 e. The number of nitrogens with zero attached hydrogens (tertiary/aromatic N) is 1. The number of aromatic nitrogens is 1. The minimum atomic E-state index is -0.253. The Hall–Kier alpha value is -1.90. The number of ether oxygens (including phenoxy) is 1. The molecule has 0 saturated carbocycles. The Morgan fingerprint density at radius 2 is 2.05 bits per heavy atom. The van der Waals surface area contributed by atoms with Crippen molar-refractivity contribution < 1.29 is 9.53 Å². The van der Waals surface area contributed by atoms with E-state index < -0.39 is 0 Å². The van der Waals surface area contributed by atoms with E-state index in [0.29, 0.717) is 6.61 Å². The Morgan fingerprint density at radius 1 is 1.32 bits per heavy atom. The van der Waals surface area contributed by atoms with Crippen LogP contribution in [0.1, 0.15) is 32.3 Å². The van der Waals surface area contributed by atoms with Crippen LogP contribution in [0.2, 0.25) is 0 Å². The molecule has 0 amide bonds. The van der Waals surface area contributed by atoms with Crippen LogP contribution < -0.4 is 0 Å². The molecule has 0 fully saturated rings. The van der Waals surface area contributed by atoms with Crippen molar-refractivity contribution in [3.63, 3.8) is 0 Å². The number of para-hydroxylation sites is 1. The minimum absolute atomic E-state index is 0.172. The second-order valence-corrected chi connectivity index (χ2v) is 4.94. The maximum Gasteiger partial charge on any atom is 0.313 e. The van der Waals surface area contributed by atoms with Crippen molar-refractivity contribution in [3.05, 3.63) is 42.1 Å². The lowest BCUT2D eigenvalue weighted by atomic mass is 9.89. The van der Waals surface area contributed by atoms with Crippen molar-refractivity contribution in [3.8, 4) is 0 Å². The highest BCUT2D eigenvalue weighted by Crippen LogP contribution is 2.27. The number of carbonyl (C=O) groups is 1. The fraction of sp³-hybridized carbons (Fsp3) is 0.375. The van der Waals surface area contributed by atoms with E-state index in [1.54, 1.807) is 6.20 Å². The van der Waals surface area contributed by atoms with Gasteiger partial charge in [-0.3, -0.25) is 9.78 Å². The summed E-state index contributed by atoms with van der Waals surface area (Å²) in [4.78, 5) is 16.5. The maximum atomic E-state index is 12.1. The quantitative estimate of drug-likeness (QED) is 0.786. The van der Waals surface area contributed by atoms with Crippen molar-refractivity contribution in [1.82, 2.24) is 4.98 Å². The van der Waals surface area contributed by atoms with E-state index >= 15 is 0 Å². The SMILES string of the molecule is CCOC(=O)C(c1cnc2ccccc2c1)C(C)C. The number of esters is 1. The first kappa shape index (κ1) is 13.5. The molecule has 0 N–H and O–H groups in total. The molecule has 3 heteroatoms. The topological polar surface area (TPSA) is 39.2 Å². The normalized spacial score (nSPS) is 12.6. The van der Waals surface area contributed by atoms with Crippen LogP contribution >= 0.6 is 0 Å². The third kappa shape index (κ3) is 2.92. The molecule has 1 atom stereocenters. The first-order valence-corrected chi connectivity index (χ1v) is 6.64. The average Bonchev–Trinajstić information content (AvgIpc) is 2.38. The van der Waals surface area contributed by atoms with Crippen molar-refractivity contribution >= 4 is 16.9 Å². The summed E-state index contributed by atoms with van der Waals surface area (Å²) in [6.45, 7) is 6.28. The fourth-order valence-electron chi connectivity index (χ4n) is 2.28. The number of rotatable bonds is 4. The predicted octanol–water partition coefficient (Wildman–Crippen LogP) is 3.54. The van der Waals surface area contributed by atoms with Gasteiger partial charge in [0.05, 0.1) is 18.0 Å². The smallest absolute Gasteiger partial charge is 0.313 e. The molecule has 1 aromatic carbocycles. The molecule has 2 rings (SSSR count). The lowest BCUT2D eigenvalue weighted by molar-refractivity contribution is -0.146. The Kier molecular flexibility index (Phi) is 4.15. The summed E-state index contributed by atoms with van der Waals surface area (Å²) in [6.07, 6.45) is 1.78. The van der Waals surface area contributed by atoms with E-state index in [4.69, 9.17) is 4.74 Å². The Labute approximate surface area is 113 Å². The molecule has 0 aliphatic heterocycles. The molecular formula is C16H19NO2. The molecule has 2 aromatic rings. The molecule has 1 heterocycles. The summed E-state index contributed by atoms with van der Waals surface area (Å²) in [5.41, 5.74) is 1.87. The zero-order valence-corrected chi connectivity index (χ0v) is 11.6. The Balaban J connectivity index is 2.41. The summed E-state index contributed by atoms with van der Waals surface area (Å²) in [5, 5.41) is 1.05. The van der Waals surface area contributed by atoms with Crippen molar-refractivity contribution in [2.24, 2.45) is 5.92 Å². The zero-order valence-electron chi connectivity index (χ0n) is 11.6. The molecule has 100 valence electrons. The molecule has 0 bridgehead atoms. The van der Waals surface area contributed by atoms with Crippen molar-refractivity contribution in [2.45, 2.75) is 26.7 Å². The van der Waals surface area contributed by atoms with E-state index in [9.17, 15) is 4.79 Å². The summed E-state index contributed by atoms with van der Waals surface area (Å²) in [5.74, 6) is -0.242. The van der Waals surface area contributed by atoms with Crippen LogP contribution in [0.15, 0.2) is 36.5 Å². The average molecular weight is 257 g/mol. The summed E-state index contributed by atoms with van der Waals surface area (Å²) in [7, 11) is 0. The number of hydrogen-bond donors (Lipinski definition) is 0. The molecule has 1 unspecified atom stereocenters. The molecule has 0 spiro atoms. The number of carbonyl (C=O) groups excluding carboxylic acids is 1. The van der Waals surface area contributed by atoms with Gasteiger partial charge in [0.2, 0.25) is 0 Å². The highest BCUT2D eigenvalue weighted by molar-refractivity contribution is 5.83. The van der Waals surface area contributed by atoms with Crippen LogP contribution in [0.25, 0.3) is 10.9 Å². The monoisotopic (exact) mass is 257 g/mol. The van der Waals surface area contributed by atoms with Gasteiger partial charge in [-0.2, -0.15) is 0 Å². The number of benzene rings is 1. The Morgan fingerprint density at radius 3 is 2.74 bits per heavy atom. The lowest BCUT2D eigenvalue weighted by Gasteiger charge is -2.19. The van der Waals surface area contributed by atoms with E-state index in [1.165, 1.54) is 0 Å². The van der Waals surface area contributed by atoms with Gasteiger partial charge in [-0.1, -0.05) is 32.0 Å². The number of pyridine rings is 1. The van der Waals surface area contributed by atoms with Crippen molar-refractivity contribution in [1.29, 1.82) is 0 Å². The number of hydrogen-bond acceptors (Lipinski definition) is 3. The molecule has 1 aromatic heterocycles. The van der Waals surface area contributed by atoms with Gasteiger partial charge in [-0.05, 0) is 30.5 Å². The second-order valence-electron chi connectivity index (χ2n) is 4.94. The molecule has 3 nitrogen and oxygen atoms in total. The molecule has 0 aliphatic carbocycles. The Bertz CT molecular complexity index is 578. The molecule has 0 radical (unpaired) electrons. The fourth-order valence-corrected chi connectivity index (χ4v) is 2.28. The van der Waals surface area contributed by atoms with Gasteiger partial charge in [0.1, 0.15) is 0 Å². The predicted molar refractivity (Wildman–Crippen MR) is 76.0 cm³/mol. The van der Waals surface area contributed by atoms with Gasteiger partial charge in [-0.25, -0.2) is 0 Å². The molecule has 0 saturated heterocycles. The molecule has 19 heavy (non-hydrogen) atoms. The van der Waals surface area contributed by atoms with E-state index in [-0.39, 0.29) is 17.8 Å². The molecule has 0 aliphatic rings. The van der Waals surface area contributed by atoms with E-state index in [0.717, 1.165) is 16.5 Å². The third-order valence-corrected chi connectivity index (χ3v) is 3.18. The summed E-state index contributed by atoms with van der Waals surface area (Å²) in [6, 6.07) is 9.94. The highest BCUT2D eigenvalue weighted by atomic mass is 16.5. The van der Waals surface area contributed by atoms with Gasteiger partial charge in [0.25, 0.3) is 0 Å². The van der Waals surface area contributed by atoms with Gasteiger partial charge in [0.15, 0.2) is 0 Å².